The molecule has 18 heavy (non-hydrogen) atoms. The zero-order chi connectivity index (χ0) is 12.8. The molecular weight excluding hydrogens is 222 g/mol. The van der Waals surface area contributed by atoms with E-state index in [-0.39, 0.29) is 0 Å². The Morgan fingerprint density at radius 1 is 1.17 bits per heavy atom. The van der Waals surface area contributed by atoms with Crippen molar-refractivity contribution in [2.75, 3.05) is 6.54 Å². The van der Waals surface area contributed by atoms with Crippen molar-refractivity contribution >= 4 is 0 Å². The summed E-state index contributed by atoms with van der Waals surface area (Å²) in [6.07, 6.45) is 4.91. The van der Waals surface area contributed by atoms with E-state index in [9.17, 15) is 0 Å². The van der Waals surface area contributed by atoms with Crippen LogP contribution in [-0.2, 0) is 6.42 Å². The number of nitrogens with zero attached hydrogens (tertiary/aromatic N) is 2. The molecule has 0 saturated heterocycles. The second kappa shape index (κ2) is 6.36. The highest BCUT2D eigenvalue weighted by molar-refractivity contribution is 5.14. The lowest BCUT2D eigenvalue weighted by atomic mass is 10.1. The van der Waals surface area contributed by atoms with Crippen LogP contribution in [0.2, 0.25) is 0 Å². The van der Waals surface area contributed by atoms with Gasteiger partial charge in [0.25, 0.3) is 0 Å². The van der Waals surface area contributed by atoms with E-state index < -0.39 is 0 Å². The standard InChI is InChI=1S/C15H21N3/c1-13(14(2)18-12-6-10-17-18)16-11-9-15-7-4-3-5-8-15/h3-8,10,12-14,16H,9,11H2,1-2H3/t13-,14-/m1/s1. The minimum atomic E-state index is 0.371. The molecule has 1 aromatic carbocycles. The Labute approximate surface area is 109 Å². The average molecular weight is 243 g/mol. The van der Waals surface area contributed by atoms with E-state index in [1.807, 2.05) is 23.1 Å². The normalized spacial score (nSPS) is 14.3. The summed E-state index contributed by atoms with van der Waals surface area (Å²) in [5.74, 6) is 0. The molecule has 0 aliphatic rings. The van der Waals surface area contributed by atoms with Gasteiger partial charge in [0, 0.05) is 18.4 Å². The van der Waals surface area contributed by atoms with Gasteiger partial charge in [0.15, 0.2) is 0 Å². The van der Waals surface area contributed by atoms with Crippen LogP contribution in [0, 0.1) is 0 Å². The number of hydrogen-bond acceptors (Lipinski definition) is 2. The van der Waals surface area contributed by atoms with Crippen molar-refractivity contribution in [2.24, 2.45) is 0 Å². The van der Waals surface area contributed by atoms with Crippen molar-refractivity contribution in [3.05, 3.63) is 54.4 Å². The zero-order valence-electron chi connectivity index (χ0n) is 11.1. The lowest BCUT2D eigenvalue weighted by Gasteiger charge is -2.21. The van der Waals surface area contributed by atoms with Gasteiger partial charge < -0.3 is 5.32 Å². The minimum absolute atomic E-state index is 0.371. The summed E-state index contributed by atoms with van der Waals surface area (Å²) in [7, 11) is 0. The molecule has 1 aromatic heterocycles. The maximum Gasteiger partial charge on any atom is 0.0641 e. The Balaban J connectivity index is 1.77. The fourth-order valence-electron chi connectivity index (χ4n) is 2.01. The summed E-state index contributed by atoms with van der Waals surface area (Å²) < 4.78 is 2.00. The second-order valence-corrected chi connectivity index (χ2v) is 4.71. The molecule has 0 saturated carbocycles. The van der Waals surface area contributed by atoms with Crippen molar-refractivity contribution in [1.29, 1.82) is 0 Å². The monoisotopic (exact) mass is 243 g/mol. The molecule has 0 aliphatic carbocycles. The smallest absolute Gasteiger partial charge is 0.0641 e. The van der Waals surface area contributed by atoms with Crippen molar-refractivity contribution < 1.29 is 0 Å². The van der Waals surface area contributed by atoms with Crippen LogP contribution in [0.3, 0.4) is 0 Å². The summed E-state index contributed by atoms with van der Waals surface area (Å²) in [5, 5.41) is 7.84. The van der Waals surface area contributed by atoms with Gasteiger partial charge in [0.2, 0.25) is 0 Å². The maximum atomic E-state index is 4.28. The van der Waals surface area contributed by atoms with Gasteiger partial charge in [0.05, 0.1) is 6.04 Å². The van der Waals surface area contributed by atoms with Crippen molar-refractivity contribution in [2.45, 2.75) is 32.4 Å². The Hall–Kier alpha value is -1.61. The van der Waals surface area contributed by atoms with E-state index >= 15 is 0 Å². The third-order valence-electron chi connectivity index (χ3n) is 3.39. The molecule has 0 spiro atoms. The van der Waals surface area contributed by atoms with Crippen LogP contribution in [-0.4, -0.2) is 22.4 Å². The molecule has 0 fully saturated rings. The van der Waals surface area contributed by atoms with E-state index in [4.69, 9.17) is 0 Å². The number of aromatic nitrogens is 2. The third-order valence-corrected chi connectivity index (χ3v) is 3.39. The zero-order valence-corrected chi connectivity index (χ0v) is 11.1. The molecule has 0 radical (unpaired) electrons. The van der Waals surface area contributed by atoms with Gasteiger partial charge in [-0.05, 0) is 38.4 Å². The quantitative estimate of drug-likeness (QED) is 0.845. The first kappa shape index (κ1) is 12.8. The fraction of sp³-hybridized carbons (Fsp3) is 0.400. The highest BCUT2D eigenvalue weighted by Gasteiger charge is 2.12. The van der Waals surface area contributed by atoms with E-state index in [1.165, 1.54) is 5.56 Å². The van der Waals surface area contributed by atoms with Crippen LogP contribution in [0.4, 0.5) is 0 Å². The van der Waals surface area contributed by atoms with Gasteiger partial charge in [-0.25, -0.2) is 0 Å². The van der Waals surface area contributed by atoms with Gasteiger partial charge in [0.1, 0.15) is 0 Å². The van der Waals surface area contributed by atoms with Gasteiger partial charge in [-0.15, -0.1) is 0 Å². The van der Waals surface area contributed by atoms with Crippen molar-refractivity contribution in [1.82, 2.24) is 15.1 Å². The fourth-order valence-corrected chi connectivity index (χ4v) is 2.01. The summed E-state index contributed by atoms with van der Waals surface area (Å²) in [4.78, 5) is 0. The molecule has 3 heteroatoms. The van der Waals surface area contributed by atoms with Gasteiger partial charge in [-0.3, -0.25) is 4.68 Å². The van der Waals surface area contributed by atoms with Crippen molar-refractivity contribution in [3.8, 4) is 0 Å². The average Bonchev–Trinajstić information content (AvgIpc) is 2.93. The molecule has 0 aliphatic heterocycles. The van der Waals surface area contributed by atoms with Crippen LogP contribution in [0.5, 0.6) is 0 Å². The molecule has 2 rings (SSSR count). The highest BCUT2D eigenvalue weighted by atomic mass is 15.3. The topological polar surface area (TPSA) is 29.9 Å². The first-order valence-electron chi connectivity index (χ1n) is 6.54. The largest absolute Gasteiger partial charge is 0.312 e. The molecule has 3 nitrogen and oxygen atoms in total. The van der Waals surface area contributed by atoms with Crippen LogP contribution in [0.1, 0.15) is 25.5 Å². The predicted octanol–water partition coefficient (Wildman–Crippen LogP) is 2.66. The summed E-state index contributed by atoms with van der Waals surface area (Å²) in [5.41, 5.74) is 1.38. The Morgan fingerprint density at radius 2 is 1.94 bits per heavy atom. The maximum absolute atomic E-state index is 4.28. The molecule has 0 unspecified atom stereocenters. The molecular formula is C15H21N3. The molecule has 2 atom stereocenters. The molecule has 96 valence electrons. The molecule has 0 bridgehead atoms. The first-order chi connectivity index (χ1) is 8.77. The van der Waals surface area contributed by atoms with Gasteiger partial charge >= 0.3 is 0 Å². The highest BCUT2D eigenvalue weighted by Crippen LogP contribution is 2.09. The van der Waals surface area contributed by atoms with E-state index in [2.05, 4.69) is 54.6 Å². The van der Waals surface area contributed by atoms with E-state index in [0.29, 0.717) is 12.1 Å². The summed E-state index contributed by atoms with van der Waals surface area (Å²) >= 11 is 0. The number of nitrogens with one attached hydrogen (secondary N) is 1. The lowest BCUT2D eigenvalue weighted by Crippen LogP contribution is -2.35. The van der Waals surface area contributed by atoms with Crippen molar-refractivity contribution in [3.63, 3.8) is 0 Å². The number of benzene rings is 1. The second-order valence-electron chi connectivity index (χ2n) is 4.71. The number of hydrogen-bond donors (Lipinski definition) is 1. The van der Waals surface area contributed by atoms with Crippen LogP contribution in [0.25, 0.3) is 0 Å². The molecule has 0 amide bonds. The van der Waals surface area contributed by atoms with Gasteiger partial charge in [-0.1, -0.05) is 30.3 Å². The Morgan fingerprint density at radius 3 is 2.61 bits per heavy atom. The first-order valence-corrected chi connectivity index (χ1v) is 6.54. The molecule has 2 aromatic rings. The Bertz CT molecular complexity index is 436. The predicted molar refractivity (Wildman–Crippen MR) is 74.5 cm³/mol. The van der Waals surface area contributed by atoms with E-state index in [1.54, 1.807) is 0 Å². The van der Waals surface area contributed by atoms with Gasteiger partial charge in [-0.2, -0.15) is 5.10 Å². The van der Waals surface area contributed by atoms with Crippen LogP contribution >= 0.6 is 0 Å². The number of rotatable bonds is 6. The SMILES string of the molecule is C[C@H]([C@@H](C)NCCc1ccccc1)n1cccn1. The third kappa shape index (κ3) is 3.44. The lowest BCUT2D eigenvalue weighted by molar-refractivity contribution is 0.368. The summed E-state index contributed by atoms with van der Waals surface area (Å²) in [6, 6.07) is 13.3. The summed E-state index contributed by atoms with van der Waals surface area (Å²) in [6.45, 7) is 5.39. The van der Waals surface area contributed by atoms with Crippen LogP contribution < -0.4 is 5.32 Å². The Kier molecular flexibility index (Phi) is 4.53. The minimum Gasteiger partial charge on any atom is -0.312 e. The molecule has 1 N–H and O–H groups in total. The van der Waals surface area contributed by atoms with E-state index in [0.717, 1.165) is 13.0 Å². The van der Waals surface area contributed by atoms with Crippen LogP contribution in [0.15, 0.2) is 48.8 Å². The molecule has 1 heterocycles.